The number of hydrogen-bond acceptors (Lipinski definition) is 10. The van der Waals surface area contributed by atoms with Crippen molar-refractivity contribution in [3.63, 3.8) is 0 Å². The van der Waals surface area contributed by atoms with Gasteiger partial charge in [-0.2, -0.15) is 0 Å². The molecule has 0 saturated heterocycles. The number of nitrogens with one attached hydrogen (secondary N) is 1. The highest BCUT2D eigenvalue weighted by atomic mass is 16.6. The molecule has 3 aromatic carbocycles. The molecule has 244 valence electrons. The Morgan fingerprint density at radius 3 is 2.32 bits per heavy atom. The van der Waals surface area contributed by atoms with Crippen molar-refractivity contribution in [2.75, 3.05) is 20.3 Å². The molecule has 3 aromatic rings. The van der Waals surface area contributed by atoms with Crippen molar-refractivity contribution in [2.24, 2.45) is 5.92 Å². The molecule has 0 amide bonds. The van der Waals surface area contributed by atoms with Gasteiger partial charge in [0.1, 0.15) is 18.3 Å². The second kappa shape index (κ2) is 14.3. The zero-order valence-electron chi connectivity index (χ0n) is 26.6. The Balaban J connectivity index is 1.64. The van der Waals surface area contributed by atoms with Gasteiger partial charge in [-0.3, -0.25) is 19.7 Å². The van der Waals surface area contributed by atoms with Crippen LogP contribution in [-0.4, -0.2) is 43.0 Å². The fourth-order valence-electron chi connectivity index (χ4n) is 6.34. The van der Waals surface area contributed by atoms with Gasteiger partial charge in [-0.05, 0) is 56.5 Å². The van der Waals surface area contributed by atoms with Gasteiger partial charge < -0.3 is 24.3 Å². The predicted octanol–water partition coefficient (Wildman–Crippen LogP) is 5.90. The van der Waals surface area contributed by atoms with E-state index in [0.29, 0.717) is 34.7 Å². The van der Waals surface area contributed by atoms with Crippen molar-refractivity contribution >= 4 is 23.4 Å². The summed E-state index contributed by atoms with van der Waals surface area (Å²) in [6.45, 7) is 5.25. The minimum Gasteiger partial charge on any atom is -0.496 e. The quantitative estimate of drug-likeness (QED) is 0.117. The highest BCUT2D eigenvalue weighted by Crippen LogP contribution is 2.48. The van der Waals surface area contributed by atoms with E-state index in [2.05, 4.69) is 5.32 Å². The Hall–Kier alpha value is -5.45. The highest BCUT2D eigenvalue weighted by molar-refractivity contribution is 6.13. The second-order valence-corrected chi connectivity index (χ2v) is 11.1. The molecular weight excluding hydrogens is 604 g/mol. The number of methoxy groups -OCH3 is 1. The number of nitrogens with zero attached hydrogens (tertiary/aromatic N) is 1. The van der Waals surface area contributed by atoms with Crippen LogP contribution in [0.15, 0.2) is 95.3 Å². The van der Waals surface area contributed by atoms with Gasteiger partial charge in [0, 0.05) is 40.4 Å². The first-order valence-electron chi connectivity index (χ1n) is 15.4. The van der Waals surface area contributed by atoms with Gasteiger partial charge in [-0.25, -0.2) is 4.79 Å². The van der Waals surface area contributed by atoms with Crippen LogP contribution in [0.2, 0.25) is 0 Å². The first-order valence-corrected chi connectivity index (χ1v) is 15.4. The van der Waals surface area contributed by atoms with E-state index in [1.54, 1.807) is 51.1 Å². The lowest BCUT2D eigenvalue weighted by molar-refractivity contribution is -0.385. The molecule has 1 heterocycles. The molecule has 1 N–H and O–H groups in total. The molecule has 0 aromatic heterocycles. The Kier molecular flexibility index (Phi) is 10.0. The fourth-order valence-corrected chi connectivity index (χ4v) is 6.34. The zero-order chi connectivity index (χ0) is 33.7. The number of nitro groups is 1. The van der Waals surface area contributed by atoms with E-state index in [9.17, 15) is 24.5 Å². The van der Waals surface area contributed by atoms with Gasteiger partial charge in [0.25, 0.3) is 0 Å². The van der Waals surface area contributed by atoms with E-state index >= 15 is 0 Å². The maximum atomic E-state index is 14.6. The molecule has 11 nitrogen and oxygen atoms in total. The van der Waals surface area contributed by atoms with Crippen LogP contribution in [0.3, 0.4) is 0 Å². The highest BCUT2D eigenvalue weighted by Gasteiger charge is 2.49. The van der Waals surface area contributed by atoms with E-state index in [1.165, 1.54) is 19.2 Å². The first-order chi connectivity index (χ1) is 22.7. The molecule has 0 unspecified atom stereocenters. The molecule has 0 fully saturated rings. The predicted molar refractivity (Wildman–Crippen MR) is 172 cm³/mol. The lowest BCUT2D eigenvalue weighted by atomic mass is 9.67. The fraction of sp³-hybridized carbons (Fsp3) is 0.306. The van der Waals surface area contributed by atoms with Crippen LogP contribution >= 0.6 is 0 Å². The maximum absolute atomic E-state index is 14.6. The van der Waals surface area contributed by atoms with Crippen LogP contribution in [0.25, 0.3) is 0 Å². The molecule has 2 aliphatic rings. The average molecular weight is 641 g/mol. The SMILES string of the molecule is CCOC(=O)C1=C(C)NC2=C(C(=O)[C@H](C(=O)OCC)[C@H](c3ccccc3)C2)[C@@H]1c1ccc(OC)c(COc2ccccc2[N+](=O)[O-])c1. The van der Waals surface area contributed by atoms with Crippen molar-refractivity contribution in [3.8, 4) is 11.5 Å². The third-order valence-electron chi connectivity index (χ3n) is 8.37. The van der Waals surface area contributed by atoms with Crippen LogP contribution in [0.1, 0.15) is 55.7 Å². The van der Waals surface area contributed by atoms with Gasteiger partial charge in [0.05, 0.1) is 30.8 Å². The van der Waals surface area contributed by atoms with Crippen molar-refractivity contribution < 1.29 is 38.3 Å². The Morgan fingerprint density at radius 1 is 0.936 bits per heavy atom. The molecule has 47 heavy (non-hydrogen) atoms. The molecule has 0 spiro atoms. The van der Waals surface area contributed by atoms with Gasteiger partial charge in [-0.1, -0.05) is 48.5 Å². The number of benzene rings is 3. The summed E-state index contributed by atoms with van der Waals surface area (Å²) in [7, 11) is 1.49. The summed E-state index contributed by atoms with van der Waals surface area (Å²) in [4.78, 5) is 52.6. The minimum absolute atomic E-state index is 0.0754. The van der Waals surface area contributed by atoms with Crippen molar-refractivity contribution in [3.05, 3.63) is 122 Å². The van der Waals surface area contributed by atoms with Crippen LogP contribution in [-0.2, 0) is 30.5 Å². The molecule has 0 bridgehead atoms. The Morgan fingerprint density at radius 2 is 1.64 bits per heavy atom. The number of nitro benzene ring substituents is 1. The second-order valence-electron chi connectivity index (χ2n) is 11.1. The first kappa shape index (κ1) is 32.9. The smallest absolute Gasteiger partial charge is 0.336 e. The van der Waals surface area contributed by atoms with Gasteiger partial charge >= 0.3 is 17.6 Å². The lowest BCUT2D eigenvalue weighted by Gasteiger charge is -2.39. The summed E-state index contributed by atoms with van der Waals surface area (Å²) >= 11 is 0. The van der Waals surface area contributed by atoms with Crippen molar-refractivity contribution in [1.29, 1.82) is 0 Å². The Bertz CT molecular complexity index is 1760. The zero-order valence-corrected chi connectivity index (χ0v) is 26.6. The summed E-state index contributed by atoms with van der Waals surface area (Å²) in [5.74, 6) is -3.69. The number of hydrogen-bond donors (Lipinski definition) is 1. The number of ether oxygens (including phenoxy) is 4. The van der Waals surface area contributed by atoms with E-state index in [0.717, 1.165) is 5.56 Å². The number of ketones is 1. The van der Waals surface area contributed by atoms with E-state index in [1.807, 2.05) is 30.3 Å². The van der Waals surface area contributed by atoms with Crippen molar-refractivity contribution in [1.82, 2.24) is 5.32 Å². The topological polar surface area (TPSA) is 143 Å². The number of esters is 2. The van der Waals surface area contributed by atoms with Crippen LogP contribution < -0.4 is 14.8 Å². The molecular formula is C36H36N2O9. The van der Waals surface area contributed by atoms with Gasteiger partial charge in [0.15, 0.2) is 11.5 Å². The van der Waals surface area contributed by atoms with Crippen LogP contribution in [0.5, 0.6) is 11.5 Å². The third-order valence-corrected chi connectivity index (χ3v) is 8.37. The molecule has 1 aliphatic carbocycles. The van der Waals surface area contributed by atoms with E-state index in [4.69, 9.17) is 18.9 Å². The molecule has 3 atom stereocenters. The monoisotopic (exact) mass is 640 g/mol. The summed E-state index contributed by atoms with van der Waals surface area (Å²) in [5.41, 5.74) is 3.35. The van der Waals surface area contributed by atoms with E-state index in [-0.39, 0.29) is 42.4 Å². The normalized spacial score (nSPS) is 19.0. The summed E-state index contributed by atoms with van der Waals surface area (Å²) in [5, 5.41) is 14.9. The standard InChI is InChI=1S/C36H36N2O9/c1-5-45-35(40)30-21(3)37-26-19-25(22-12-8-7-9-13-22)32(36(41)46-6-2)34(39)33(26)31(30)23-16-17-28(44-4)24(18-23)20-47-29-15-11-10-14-27(29)38(42)43/h7-18,25,31-32,37H,5-6,19-20H2,1-4H3/t25-,31+,32+/m0/s1. The van der Waals surface area contributed by atoms with E-state index < -0.39 is 40.4 Å². The lowest BCUT2D eigenvalue weighted by Crippen LogP contribution is -2.43. The molecule has 0 saturated carbocycles. The number of Topliss-reactive ketones (excluding diaryl/α,β-unsaturated/α-hetero) is 1. The number of rotatable bonds is 11. The Labute approximate surface area is 272 Å². The van der Waals surface area contributed by atoms with Gasteiger partial charge in [0.2, 0.25) is 0 Å². The molecule has 1 aliphatic heterocycles. The number of carbonyl (C=O) groups is 3. The summed E-state index contributed by atoms with van der Waals surface area (Å²) < 4.78 is 22.4. The molecule has 0 radical (unpaired) electrons. The maximum Gasteiger partial charge on any atom is 0.336 e. The number of carbonyl (C=O) groups excluding carboxylic acids is 3. The van der Waals surface area contributed by atoms with Crippen LogP contribution in [0.4, 0.5) is 5.69 Å². The largest absolute Gasteiger partial charge is 0.496 e. The summed E-state index contributed by atoms with van der Waals surface area (Å²) in [6.07, 6.45) is 0.322. The minimum atomic E-state index is -1.14. The molecule has 5 rings (SSSR count). The number of allylic oxidation sites excluding steroid dienone is 3. The number of para-hydroxylation sites is 2. The number of dihydropyridines is 1. The molecule has 11 heteroatoms. The summed E-state index contributed by atoms with van der Waals surface area (Å²) in [6, 6.07) is 20.6. The third kappa shape index (κ3) is 6.60. The van der Waals surface area contributed by atoms with Crippen molar-refractivity contribution in [2.45, 2.75) is 45.6 Å². The van der Waals surface area contributed by atoms with Crippen LogP contribution in [0, 0.1) is 16.0 Å². The van der Waals surface area contributed by atoms with Gasteiger partial charge in [-0.15, -0.1) is 0 Å². The average Bonchev–Trinajstić information content (AvgIpc) is 3.07.